The van der Waals surface area contributed by atoms with Crippen molar-refractivity contribution in [1.29, 1.82) is 0 Å². The quantitative estimate of drug-likeness (QED) is 0.821. The Morgan fingerprint density at radius 1 is 1.53 bits per heavy atom. The number of hydrogen-bond acceptors (Lipinski definition) is 3. The number of amides is 1. The maximum atomic E-state index is 12.0. The standard InChI is InChI=1S/C15H21NO3/c1-10(7-8-17)16-15(18)13-9-12(13)11-5-3-4-6-14(11)19-2/h3-6,10,12-13,17H,7-9H2,1-2H3,(H,16,18)/t10-,12?,13?/m1/s1. The summed E-state index contributed by atoms with van der Waals surface area (Å²) in [7, 11) is 1.65. The van der Waals surface area contributed by atoms with Gasteiger partial charge in [-0.25, -0.2) is 0 Å². The average Bonchev–Trinajstić information content (AvgIpc) is 3.19. The summed E-state index contributed by atoms with van der Waals surface area (Å²) in [5, 5.41) is 11.8. The molecule has 0 heterocycles. The van der Waals surface area contributed by atoms with Crippen molar-refractivity contribution in [2.24, 2.45) is 5.92 Å². The second-order valence-electron chi connectivity index (χ2n) is 5.11. The van der Waals surface area contributed by atoms with Crippen LogP contribution in [0.25, 0.3) is 0 Å². The van der Waals surface area contributed by atoms with E-state index < -0.39 is 0 Å². The summed E-state index contributed by atoms with van der Waals surface area (Å²) in [6.45, 7) is 2.01. The van der Waals surface area contributed by atoms with E-state index in [1.54, 1.807) is 7.11 Å². The summed E-state index contributed by atoms with van der Waals surface area (Å²) >= 11 is 0. The van der Waals surface area contributed by atoms with Gasteiger partial charge in [0.15, 0.2) is 0 Å². The predicted octanol–water partition coefficient (Wildman–Crippen LogP) is 1.69. The molecular formula is C15H21NO3. The molecule has 1 aromatic carbocycles. The van der Waals surface area contributed by atoms with Crippen LogP contribution in [0, 0.1) is 5.92 Å². The monoisotopic (exact) mass is 263 g/mol. The Bertz CT molecular complexity index is 447. The molecule has 0 aromatic heterocycles. The van der Waals surface area contributed by atoms with E-state index in [0.29, 0.717) is 6.42 Å². The molecule has 0 bridgehead atoms. The van der Waals surface area contributed by atoms with Gasteiger partial charge in [0.2, 0.25) is 5.91 Å². The summed E-state index contributed by atoms with van der Waals surface area (Å²) in [6, 6.07) is 7.88. The fourth-order valence-corrected chi connectivity index (χ4v) is 2.42. The van der Waals surface area contributed by atoms with Gasteiger partial charge in [0.1, 0.15) is 5.75 Å². The van der Waals surface area contributed by atoms with Crippen LogP contribution in [-0.2, 0) is 4.79 Å². The molecule has 1 saturated carbocycles. The summed E-state index contributed by atoms with van der Waals surface area (Å²) in [5.41, 5.74) is 1.11. The fraction of sp³-hybridized carbons (Fsp3) is 0.533. The molecule has 3 atom stereocenters. The number of aliphatic hydroxyl groups excluding tert-OH is 1. The van der Waals surface area contributed by atoms with E-state index in [-0.39, 0.29) is 30.4 Å². The molecule has 0 saturated heterocycles. The van der Waals surface area contributed by atoms with E-state index >= 15 is 0 Å². The van der Waals surface area contributed by atoms with E-state index in [9.17, 15) is 4.79 Å². The minimum Gasteiger partial charge on any atom is -0.496 e. The first kappa shape index (κ1) is 13.9. The highest BCUT2D eigenvalue weighted by Gasteiger charge is 2.45. The highest BCUT2D eigenvalue weighted by molar-refractivity contribution is 5.83. The Labute approximate surface area is 113 Å². The largest absolute Gasteiger partial charge is 0.496 e. The van der Waals surface area contributed by atoms with Gasteiger partial charge in [-0.1, -0.05) is 18.2 Å². The first-order valence-corrected chi connectivity index (χ1v) is 6.71. The zero-order valence-electron chi connectivity index (χ0n) is 11.4. The number of rotatable bonds is 6. The summed E-state index contributed by atoms with van der Waals surface area (Å²) in [5.74, 6) is 1.23. The molecule has 19 heavy (non-hydrogen) atoms. The lowest BCUT2D eigenvalue weighted by Crippen LogP contribution is -2.34. The molecular weight excluding hydrogens is 242 g/mol. The van der Waals surface area contributed by atoms with E-state index in [2.05, 4.69) is 5.32 Å². The summed E-state index contributed by atoms with van der Waals surface area (Å²) < 4.78 is 5.33. The molecule has 2 unspecified atom stereocenters. The van der Waals surface area contributed by atoms with E-state index in [4.69, 9.17) is 9.84 Å². The molecule has 1 aliphatic rings. The van der Waals surface area contributed by atoms with Gasteiger partial charge in [-0.05, 0) is 37.3 Å². The topological polar surface area (TPSA) is 58.6 Å². The molecule has 1 fully saturated rings. The van der Waals surface area contributed by atoms with Gasteiger partial charge in [0, 0.05) is 18.6 Å². The number of carbonyl (C=O) groups is 1. The Hall–Kier alpha value is -1.55. The predicted molar refractivity (Wildman–Crippen MR) is 73.1 cm³/mol. The van der Waals surface area contributed by atoms with Crippen LogP contribution in [0.1, 0.15) is 31.2 Å². The maximum absolute atomic E-state index is 12.0. The molecule has 0 radical (unpaired) electrons. The molecule has 0 aliphatic heterocycles. The third-order valence-corrected chi connectivity index (χ3v) is 3.62. The van der Waals surface area contributed by atoms with E-state index in [1.165, 1.54) is 0 Å². The maximum Gasteiger partial charge on any atom is 0.223 e. The SMILES string of the molecule is COc1ccccc1C1CC1C(=O)N[C@H](C)CCO. The first-order chi connectivity index (χ1) is 9.17. The molecule has 0 spiro atoms. The van der Waals surface area contributed by atoms with Crippen LogP contribution in [0.5, 0.6) is 5.75 Å². The van der Waals surface area contributed by atoms with Crippen LogP contribution >= 0.6 is 0 Å². The lowest BCUT2D eigenvalue weighted by atomic mass is 10.1. The molecule has 1 aliphatic carbocycles. The highest BCUT2D eigenvalue weighted by Crippen LogP contribution is 2.50. The second-order valence-corrected chi connectivity index (χ2v) is 5.11. The Kier molecular flexibility index (Phi) is 4.43. The lowest BCUT2D eigenvalue weighted by molar-refractivity contribution is -0.123. The van der Waals surface area contributed by atoms with Gasteiger partial charge in [0.25, 0.3) is 0 Å². The van der Waals surface area contributed by atoms with Crippen LogP contribution in [-0.4, -0.2) is 30.8 Å². The zero-order valence-corrected chi connectivity index (χ0v) is 11.4. The van der Waals surface area contributed by atoms with Crippen molar-refractivity contribution in [3.8, 4) is 5.75 Å². The molecule has 104 valence electrons. The zero-order chi connectivity index (χ0) is 13.8. The number of aliphatic hydroxyl groups is 1. The van der Waals surface area contributed by atoms with Crippen molar-refractivity contribution in [3.05, 3.63) is 29.8 Å². The minimum atomic E-state index is 0.0245. The van der Waals surface area contributed by atoms with E-state index in [0.717, 1.165) is 17.7 Å². The Morgan fingerprint density at radius 3 is 2.95 bits per heavy atom. The van der Waals surface area contributed by atoms with Gasteiger partial charge in [-0.2, -0.15) is 0 Å². The number of benzene rings is 1. The number of para-hydroxylation sites is 1. The summed E-state index contributed by atoms with van der Waals surface area (Å²) in [4.78, 5) is 12.0. The lowest BCUT2D eigenvalue weighted by Gasteiger charge is -2.12. The number of carbonyl (C=O) groups excluding carboxylic acids is 1. The summed E-state index contributed by atoms with van der Waals surface area (Å²) in [6.07, 6.45) is 1.47. The van der Waals surface area contributed by atoms with Crippen LogP contribution in [0.4, 0.5) is 0 Å². The molecule has 4 nitrogen and oxygen atoms in total. The van der Waals surface area contributed by atoms with Crippen molar-refractivity contribution < 1.29 is 14.6 Å². The highest BCUT2D eigenvalue weighted by atomic mass is 16.5. The van der Waals surface area contributed by atoms with Gasteiger partial charge in [-0.3, -0.25) is 4.79 Å². The normalized spacial score (nSPS) is 22.7. The second kappa shape index (κ2) is 6.06. The van der Waals surface area contributed by atoms with Crippen LogP contribution in [0.15, 0.2) is 24.3 Å². The van der Waals surface area contributed by atoms with Gasteiger partial charge < -0.3 is 15.2 Å². The van der Waals surface area contributed by atoms with Crippen LogP contribution in [0.2, 0.25) is 0 Å². The average molecular weight is 263 g/mol. The van der Waals surface area contributed by atoms with E-state index in [1.807, 2.05) is 31.2 Å². The van der Waals surface area contributed by atoms with Gasteiger partial charge in [0.05, 0.1) is 7.11 Å². The van der Waals surface area contributed by atoms with Gasteiger partial charge >= 0.3 is 0 Å². The number of ether oxygens (including phenoxy) is 1. The van der Waals surface area contributed by atoms with Crippen LogP contribution < -0.4 is 10.1 Å². The molecule has 1 amide bonds. The van der Waals surface area contributed by atoms with Crippen LogP contribution in [0.3, 0.4) is 0 Å². The van der Waals surface area contributed by atoms with Crippen molar-refractivity contribution >= 4 is 5.91 Å². The first-order valence-electron chi connectivity index (χ1n) is 6.71. The third kappa shape index (κ3) is 3.26. The smallest absolute Gasteiger partial charge is 0.223 e. The van der Waals surface area contributed by atoms with Gasteiger partial charge in [-0.15, -0.1) is 0 Å². The Morgan fingerprint density at radius 2 is 2.26 bits per heavy atom. The Balaban J connectivity index is 1.95. The fourth-order valence-electron chi connectivity index (χ4n) is 2.42. The third-order valence-electron chi connectivity index (χ3n) is 3.62. The van der Waals surface area contributed by atoms with Crippen molar-refractivity contribution in [2.75, 3.05) is 13.7 Å². The van der Waals surface area contributed by atoms with Crippen molar-refractivity contribution in [1.82, 2.24) is 5.32 Å². The van der Waals surface area contributed by atoms with Crippen molar-refractivity contribution in [2.45, 2.75) is 31.7 Å². The number of hydrogen-bond donors (Lipinski definition) is 2. The minimum absolute atomic E-state index is 0.0245. The molecule has 1 aromatic rings. The molecule has 2 N–H and O–H groups in total. The number of methoxy groups -OCH3 is 1. The molecule has 4 heteroatoms. The molecule has 2 rings (SSSR count). The number of nitrogens with one attached hydrogen (secondary N) is 1. The van der Waals surface area contributed by atoms with Crippen molar-refractivity contribution in [3.63, 3.8) is 0 Å².